The predicted molar refractivity (Wildman–Crippen MR) is 73.8 cm³/mol. The Morgan fingerprint density at radius 3 is 2.53 bits per heavy atom. The number of nitrogens with two attached hydrogens (primary N) is 1. The van der Waals surface area contributed by atoms with Gasteiger partial charge in [0.15, 0.2) is 5.82 Å². The molecule has 7 heteroatoms. The predicted octanol–water partition coefficient (Wildman–Crippen LogP) is 1.28. The largest absolute Gasteiger partial charge is 0.368 e. The van der Waals surface area contributed by atoms with E-state index in [0.29, 0.717) is 5.82 Å². The lowest BCUT2D eigenvalue weighted by Crippen LogP contribution is -2.28. The van der Waals surface area contributed by atoms with Gasteiger partial charge in [-0.15, -0.1) is 0 Å². The summed E-state index contributed by atoms with van der Waals surface area (Å²) in [6.07, 6.45) is 1.47. The van der Waals surface area contributed by atoms with Crippen molar-refractivity contribution in [3.05, 3.63) is 10.8 Å². The van der Waals surface area contributed by atoms with Gasteiger partial charge in [0.2, 0.25) is 0 Å². The second-order valence-corrected chi connectivity index (χ2v) is 4.28. The lowest BCUT2D eigenvalue weighted by Gasteiger charge is -2.18. The van der Waals surface area contributed by atoms with E-state index in [1.165, 1.54) is 6.33 Å². The quantitative estimate of drug-likeness (QED) is 0.520. The number of aromatic nitrogens is 2. The third kappa shape index (κ3) is 4.10. The smallest absolute Gasteiger partial charge is 0.159 e. The summed E-state index contributed by atoms with van der Waals surface area (Å²) in [5.74, 6) is 6.66. The fourth-order valence-corrected chi connectivity index (χ4v) is 1.93. The van der Waals surface area contributed by atoms with E-state index in [-0.39, 0.29) is 0 Å². The summed E-state index contributed by atoms with van der Waals surface area (Å²) in [6.45, 7) is 8.23. The molecule has 0 atom stereocenters. The van der Waals surface area contributed by atoms with Gasteiger partial charge in [-0.25, -0.2) is 15.8 Å². The third-order valence-electron chi connectivity index (χ3n) is 2.54. The molecule has 0 saturated heterocycles. The topological polar surface area (TPSA) is 79.1 Å². The van der Waals surface area contributed by atoms with Crippen LogP contribution < -0.4 is 16.6 Å². The standard InChI is InChI=1S/C10H19BrN6/c1-3-17(4-2)6-5-13-9-8(11)10(16-12)15-7-14-9/h7H,3-6,12H2,1-2H3,(H2,13,14,15,16). The summed E-state index contributed by atoms with van der Waals surface area (Å²) in [7, 11) is 0. The number of likely N-dealkylation sites (N-methyl/N-ethyl adjacent to an activating group) is 1. The molecule has 96 valence electrons. The van der Waals surface area contributed by atoms with Crippen LogP contribution in [0.5, 0.6) is 0 Å². The van der Waals surface area contributed by atoms with E-state index in [4.69, 9.17) is 5.84 Å². The van der Waals surface area contributed by atoms with Gasteiger partial charge in [0, 0.05) is 13.1 Å². The minimum Gasteiger partial charge on any atom is -0.368 e. The first-order valence-electron chi connectivity index (χ1n) is 5.66. The Balaban J connectivity index is 2.52. The van der Waals surface area contributed by atoms with Crippen LogP contribution in [0.1, 0.15) is 13.8 Å². The number of nitrogens with zero attached hydrogens (tertiary/aromatic N) is 3. The molecular formula is C10H19BrN6. The monoisotopic (exact) mass is 302 g/mol. The van der Waals surface area contributed by atoms with Crippen molar-refractivity contribution < 1.29 is 0 Å². The van der Waals surface area contributed by atoms with Crippen LogP contribution in [0, 0.1) is 0 Å². The summed E-state index contributed by atoms with van der Waals surface area (Å²) < 4.78 is 0.752. The maximum atomic E-state index is 5.33. The van der Waals surface area contributed by atoms with E-state index < -0.39 is 0 Å². The molecule has 0 aliphatic carbocycles. The van der Waals surface area contributed by atoms with E-state index in [0.717, 1.165) is 36.5 Å². The first kappa shape index (κ1) is 14.1. The number of hydrazine groups is 1. The Morgan fingerprint density at radius 2 is 1.94 bits per heavy atom. The van der Waals surface area contributed by atoms with Crippen LogP contribution in [0.4, 0.5) is 11.6 Å². The van der Waals surface area contributed by atoms with Crippen molar-refractivity contribution in [2.75, 3.05) is 36.9 Å². The maximum Gasteiger partial charge on any atom is 0.159 e. The summed E-state index contributed by atoms with van der Waals surface area (Å²) in [4.78, 5) is 10.5. The number of anilines is 2. The molecule has 1 rings (SSSR count). The van der Waals surface area contributed by atoms with Crippen LogP contribution in [-0.2, 0) is 0 Å². The second-order valence-electron chi connectivity index (χ2n) is 3.48. The van der Waals surface area contributed by atoms with Crippen molar-refractivity contribution in [3.63, 3.8) is 0 Å². The zero-order chi connectivity index (χ0) is 12.7. The summed E-state index contributed by atoms with van der Waals surface area (Å²) in [5, 5.41) is 3.25. The first-order chi connectivity index (χ1) is 8.22. The molecule has 6 nitrogen and oxygen atoms in total. The fourth-order valence-electron chi connectivity index (χ4n) is 1.47. The van der Waals surface area contributed by atoms with E-state index in [2.05, 4.69) is 55.4 Å². The first-order valence-corrected chi connectivity index (χ1v) is 6.45. The molecule has 4 N–H and O–H groups in total. The van der Waals surface area contributed by atoms with Crippen LogP contribution >= 0.6 is 15.9 Å². The zero-order valence-corrected chi connectivity index (χ0v) is 11.8. The highest BCUT2D eigenvalue weighted by Crippen LogP contribution is 2.25. The van der Waals surface area contributed by atoms with Gasteiger partial charge in [0.1, 0.15) is 16.6 Å². The maximum absolute atomic E-state index is 5.33. The lowest BCUT2D eigenvalue weighted by atomic mass is 10.4. The minimum absolute atomic E-state index is 0.574. The van der Waals surface area contributed by atoms with Crippen LogP contribution in [-0.4, -0.2) is 41.0 Å². The zero-order valence-electron chi connectivity index (χ0n) is 10.2. The molecule has 0 aliphatic rings. The van der Waals surface area contributed by atoms with Gasteiger partial charge in [0.05, 0.1) is 0 Å². The molecular weight excluding hydrogens is 284 g/mol. The van der Waals surface area contributed by atoms with E-state index >= 15 is 0 Å². The lowest BCUT2D eigenvalue weighted by molar-refractivity contribution is 0.316. The van der Waals surface area contributed by atoms with E-state index in [1.54, 1.807) is 0 Å². The van der Waals surface area contributed by atoms with Crippen LogP contribution in [0.3, 0.4) is 0 Å². The Labute approximate surface area is 110 Å². The Kier molecular flexibility index (Phi) is 6.17. The van der Waals surface area contributed by atoms with E-state index in [9.17, 15) is 0 Å². The van der Waals surface area contributed by atoms with Crippen molar-refractivity contribution in [2.24, 2.45) is 5.84 Å². The Bertz CT molecular complexity index is 342. The molecule has 1 aromatic heterocycles. The SMILES string of the molecule is CCN(CC)CCNc1ncnc(NN)c1Br. The summed E-state index contributed by atoms with van der Waals surface area (Å²) in [6, 6.07) is 0. The molecule has 0 bridgehead atoms. The van der Waals surface area contributed by atoms with E-state index in [1.807, 2.05) is 0 Å². The molecule has 1 heterocycles. The van der Waals surface area contributed by atoms with Crippen LogP contribution in [0.25, 0.3) is 0 Å². The molecule has 17 heavy (non-hydrogen) atoms. The molecule has 0 amide bonds. The molecule has 0 aromatic carbocycles. The number of hydrogen-bond acceptors (Lipinski definition) is 6. The van der Waals surface area contributed by atoms with Gasteiger partial charge in [0.25, 0.3) is 0 Å². The number of nitrogen functional groups attached to an aromatic ring is 1. The molecule has 0 aliphatic heterocycles. The number of nitrogens with one attached hydrogen (secondary N) is 2. The molecule has 0 fully saturated rings. The Hall–Kier alpha value is -0.920. The van der Waals surface area contributed by atoms with Crippen molar-refractivity contribution in [3.8, 4) is 0 Å². The normalized spacial score (nSPS) is 10.6. The Morgan fingerprint density at radius 1 is 1.29 bits per heavy atom. The summed E-state index contributed by atoms with van der Waals surface area (Å²) in [5.41, 5.74) is 2.51. The average molecular weight is 303 g/mol. The van der Waals surface area contributed by atoms with Gasteiger partial charge < -0.3 is 15.6 Å². The highest BCUT2D eigenvalue weighted by atomic mass is 79.9. The molecule has 1 aromatic rings. The van der Waals surface area contributed by atoms with Crippen LogP contribution in [0.15, 0.2) is 10.8 Å². The van der Waals surface area contributed by atoms with Gasteiger partial charge in [-0.05, 0) is 29.0 Å². The molecule has 0 radical (unpaired) electrons. The average Bonchev–Trinajstić information content (AvgIpc) is 2.36. The van der Waals surface area contributed by atoms with Crippen LogP contribution in [0.2, 0.25) is 0 Å². The fraction of sp³-hybridized carbons (Fsp3) is 0.600. The van der Waals surface area contributed by atoms with Crippen molar-refractivity contribution in [1.29, 1.82) is 0 Å². The van der Waals surface area contributed by atoms with Gasteiger partial charge in [-0.3, -0.25) is 0 Å². The highest BCUT2D eigenvalue weighted by molar-refractivity contribution is 9.10. The number of rotatable bonds is 7. The molecule has 0 spiro atoms. The third-order valence-corrected chi connectivity index (χ3v) is 3.29. The van der Waals surface area contributed by atoms with Crippen molar-refractivity contribution in [2.45, 2.75) is 13.8 Å². The molecule has 0 unspecified atom stereocenters. The van der Waals surface area contributed by atoms with Gasteiger partial charge in [-0.2, -0.15) is 0 Å². The van der Waals surface area contributed by atoms with Gasteiger partial charge in [-0.1, -0.05) is 13.8 Å². The number of halogens is 1. The number of hydrogen-bond donors (Lipinski definition) is 3. The minimum atomic E-state index is 0.574. The van der Waals surface area contributed by atoms with Gasteiger partial charge >= 0.3 is 0 Å². The second kappa shape index (κ2) is 7.41. The summed E-state index contributed by atoms with van der Waals surface area (Å²) >= 11 is 3.40. The highest BCUT2D eigenvalue weighted by Gasteiger charge is 2.07. The molecule has 0 saturated carbocycles. The van der Waals surface area contributed by atoms with Crippen molar-refractivity contribution in [1.82, 2.24) is 14.9 Å². The van der Waals surface area contributed by atoms with Crippen molar-refractivity contribution >= 4 is 27.6 Å².